The number of carbonyl (C=O) groups is 1. The van der Waals surface area contributed by atoms with Gasteiger partial charge in [-0.25, -0.2) is 0 Å². The molecule has 4 aliphatic carbocycles. The molecule has 0 atom stereocenters. The molecule has 1 aromatic carbocycles. The van der Waals surface area contributed by atoms with Gasteiger partial charge in [0.05, 0.1) is 5.41 Å². The molecule has 3 nitrogen and oxygen atoms in total. The van der Waals surface area contributed by atoms with Crippen LogP contribution in [-0.2, 0) is 11.3 Å². The highest BCUT2D eigenvalue weighted by atomic mass is 35.5. The van der Waals surface area contributed by atoms with Gasteiger partial charge >= 0.3 is 0 Å². The second-order valence-corrected chi connectivity index (χ2v) is 11.8. The smallest absolute Gasteiger partial charge is 0.228 e. The number of halogens is 1. The first-order valence-electron chi connectivity index (χ1n) is 11.3. The number of amides is 1. The van der Waals surface area contributed by atoms with Gasteiger partial charge in [-0.1, -0.05) is 51.1 Å². The third-order valence-electron chi connectivity index (χ3n) is 8.22. The maximum Gasteiger partial charge on any atom is 0.228 e. The Morgan fingerprint density at radius 3 is 1.76 bits per heavy atom. The van der Waals surface area contributed by atoms with Crippen LogP contribution in [0.5, 0.6) is 0 Å². The van der Waals surface area contributed by atoms with Crippen molar-refractivity contribution in [2.75, 3.05) is 26.2 Å². The minimum absolute atomic E-state index is 0. The van der Waals surface area contributed by atoms with E-state index in [1.165, 1.54) is 24.8 Å². The molecule has 0 unspecified atom stereocenters. The van der Waals surface area contributed by atoms with Gasteiger partial charge in [0, 0.05) is 32.7 Å². The Kier molecular flexibility index (Phi) is 5.10. The molecule has 5 fully saturated rings. The van der Waals surface area contributed by atoms with E-state index in [4.69, 9.17) is 0 Å². The van der Waals surface area contributed by atoms with E-state index >= 15 is 0 Å². The van der Waals surface area contributed by atoms with Crippen molar-refractivity contribution in [2.45, 2.75) is 65.8 Å². The lowest BCUT2D eigenvalue weighted by Crippen LogP contribution is -2.64. The molecule has 4 bridgehead atoms. The number of nitrogens with zero attached hydrogens (tertiary/aromatic N) is 2. The summed E-state index contributed by atoms with van der Waals surface area (Å²) in [6.07, 6.45) is 7.39. The minimum atomic E-state index is -0.0748. The normalized spacial score (nSPS) is 41.3. The van der Waals surface area contributed by atoms with Crippen molar-refractivity contribution in [3.8, 4) is 0 Å². The van der Waals surface area contributed by atoms with Gasteiger partial charge in [-0.15, -0.1) is 12.4 Å². The molecule has 1 heterocycles. The van der Waals surface area contributed by atoms with Gasteiger partial charge in [-0.05, 0) is 60.3 Å². The predicted octanol–water partition coefficient (Wildman–Crippen LogP) is 5.14. The second-order valence-electron chi connectivity index (χ2n) is 11.8. The fourth-order valence-electron chi connectivity index (χ4n) is 8.80. The highest BCUT2D eigenvalue weighted by molar-refractivity contribution is 5.85. The highest BCUT2D eigenvalue weighted by Crippen LogP contribution is 2.73. The average Bonchev–Trinajstić information content (AvgIpc) is 2.58. The van der Waals surface area contributed by atoms with Gasteiger partial charge in [0.25, 0.3) is 0 Å². The zero-order valence-corrected chi connectivity index (χ0v) is 19.2. The molecule has 1 aliphatic heterocycles. The number of benzene rings is 1. The van der Waals surface area contributed by atoms with E-state index in [2.05, 4.69) is 60.9 Å². The molecule has 29 heavy (non-hydrogen) atoms. The molecule has 0 spiro atoms. The molecule has 1 aromatic rings. The molecule has 5 aliphatic rings. The van der Waals surface area contributed by atoms with Gasteiger partial charge in [0.15, 0.2) is 0 Å². The molecule has 1 amide bonds. The van der Waals surface area contributed by atoms with Crippen molar-refractivity contribution in [2.24, 2.45) is 21.7 Å². The molecule has 1 saturated heterocycles. The molecular formula is C25H37ClN2O. The Balaban J connectivity index is 0.00000205. The first-order chi connectivity index (χ1) is 13.2. The van der Waals surface area contributed by atoms with Crippen LogP contribution in [0.1, 0.15) is 64.9 Å². The van der Waals surface area contributed by atoms with Crippen LogP contribution in [0.2, 0.25) is 0 Å². The van der Waals surface area contributed by atoms with E-state index in [-0.39, 0.29) is 17.8 Å². The molecular weight excluding hydrogens is 380 g/mol. The maximum absolute atomic E-state index is 13.9. The van der Waals surface area contributed by atoms with E-state index in [0.29, 0.717) is 22.2 Å². The third kappa shape index (κ3) is 3.74. The Morgan fingerprint density at radius 1 is 0.793 bits per heavy atom. The van der Waals surface area contributed by atoms with Crippen LogP contribution in [0.15, 0.2) is 30.3 Å². The van der Waals surface area contributed by atoms with Crippen molar-refractivity contribution in [1.29, 1.82) is 0 Å². The first kappa shape index (κ1) is 21.2. The quantitative estimate of drug-likeness (QED) is 0.681. The fraction of sp³-hybridized carbons (Fsp3) is 0.720. The van der Waals surface area contributed by atoms with Crippen LogP contribution in [-0.4, -0.2) is 41.9 Å². The molecule has 4 saturated carbocycles. The summed E-state index contributed by atoms with van der Waals surface area (Å²) in [5.74, 6) is 0.495. The Morgan fingerprint density at radius 2 is 1.28 bits per heavy atom. The van der Waals surface area contributed by atoms with Crippen molar-refractivity contribution in [1.82, 2.24) is 9.80 Å². The van der Waals surface area contributed by atoms with Crippen molar-refractivity contribution >= 4 is 18.3 Å². The zero-order valence-electron chi connectivity index (χ0n) is 18.4. The number of hydrogen-bond donors (Lipinski definition) is 0. The SMILES string of the molecule is CC12CC3(C)CC(C)(C1)CC(C(=O)N1CCN(Cc4ccccc4)CC1)(C2)C3.Cl. The lowest BCUT2D eigenvalue weighted by atomic mass is 9.36. The molecule has 160 valence electrons. The number of hydrogen-bond acceptors (Lipinski definition) is 2. The lowest BCUT2D eigenvalue weighted by molar-refractivity contribution is -0.200. The molecule has 0 aromatic heterocycles. The van der Waals surface area contributed by atoms with Crippen LogP contribution in [0.4, 0.5) is 0 Å². The maximum atomic E-state index is 13.9. The Bertz CT molecular complexity index is 717. The third-order valence-corrected chi connectivity index (χ3v) is 8.22. The molecule has 6 rings (SSSR count). The summed E-state index contributed by atoms with van der Waals surface area (Å²) in [4.78, 5) is 18.6. The van der Waals surface area contributed by atoms with Crippen LogP contribution in [0.3, 0.4) is 0 Å². The largest absolute Gasteiger partial charge is 0.340 e. The van der Waals surface area contributed by atoms with Crippen LogP contribution in [0, 0.1) is 21.7 Å². The number of piperazine rings is 1. The summed E-state index contributed by atoms with van der Waals surface area (Å²) >= 11 is 0. The topological polar surface area (TPSA) is 23.6 Å². The summed E-state index contributed by atoms with van der Waals surface area (Å²) in [6.45, 7) is 12.2. The first-order valence-corrected chi connectivity index (χ1v) is 11.3. The Labute approximate surface area is 182 Å². The summed E-state index contributed by atoms with van der Waals surface area (Å²) in [5, 5.41) is 0. The van der Waals surface area contributed by atoms with E-state index in [9.17, 15) is 4.79 Å². The predicted molar refractivity (Wildman–Crippen MR) is 120 cm³/mol. The summed E-state index contributed by atoms with van der Waals surface area (Å²) < 4.78 is 0. The van der Waals surface area contributed by atoms with E-state index in [1.54, 1.807) is 0 Å². The second kappa shape index (κ2) is 6.99. The monoisotopic (exact) mass is 416 g/mol. The summed E-state index contributed by atoms with van der Waals surface area (Å²) in [5.41, 5.74) is 2.43. The lowest BCUT2D eigenvalue weighted by Gasteiger charge is -2.68. The van der Waals surface area contributed by atoms with Crippen LogP contribution >= 0.6 is 12.4 Å². The standard InChI is InChI=1S/C25H36N2O.ClH/c1-22-14-23(2)16-24(3,15-22)19-25(17-22,18-23)21(28)27-11-9-26(10-12-27)13-20-7-5-4-6-8-20;/h4-8H,9-19H2,1-3H3;1H. The van der Waals surface area contributed by atoms with Crippen molar-refractivity contribution in [3.05, 3.63) is 35.9 Å². The highest BCUT2D eigenvalue weighted by Gasteiger charge is 2.66. The molecule has 0 radical (unpaired) electrons. The number of rotatable bonds is 3. The summed E-state index contributed by atoms with van der Waals surface area (Å²) in [7, 11) is 0. The van der Waals surface area contributed by atoms with E-state index in [1.807, 2.05) is 0 Å². The molecule has 0 N–H and O–H groups in total. The van der Waals surface area contributed by atoms with E-state index < -0.39 is 0 Å². The van der Waals surface area contributed by atoms with E-state index in [0.717, 1.165) is 52.0 Å². The summed E-state index contributed by atoms with van der Waals surface area (Å²) in [6, 6.07) is 10.7. The Hall–Kier alpha value is -1.06. The fourth-order valence-corrected chi connectivity index (χ4v) is 8.80. The number of carbonyl (C=O) groups excluding carboxylic acids is 1. The zero-order chi connectivity index (χ0) is 19.6. The van der Waals surface area contributed by atoms with Gasteiger partial charge < -0.3 is 4.90 Å². The van der Waals surface area contributed by atoms with Gasteiger partial charge in [-0.2, -0.15) is 0 Å². The minimum Gasteiger partial charge on any atom is -0.340 e. The van der Waals surface area contributed by atoms with Crippen molar-refractivity contribution < 1.29 is 4.79 Å². The van der Waals surface area contributed by atoms with Crippen LogP contribution < -0.4 is 0 Å². The van der Waals surface area contributed by atoms with Gasteiger partial charge in [0.1, 0.15) is 0 Å². The van der Waals surface area contributed by atoms with Crippen molar-refractivity contribution in [3.63, 3.8) is 0 Å². The average molecular weight is 417 g/mol. The van der Waals surface area contributed by atoms with Gasteiger partial charge in [-0.3, -0.25) is 9.69 Å². The van der Waals surface area contributed by atoms with Crippen LogP contribution in [0.25, 0.3) is 0 Å². The van der Waals surface area contributed by atoms with Gasteiger partial charge in [0.2, 0.25) is 5.91 Å². The molecule has 4 heteroatoms.